The van der Waals surface area contributed by atoms with Crippen LogP contribution in [0.5, 0.6) is 0 Å². The summed E-state index contributed by atoms with van der Waals surface area (Å²) >= 11 is 0. The molecule has 0 radical (unpaired) electrons. The normalized spacial score (nSPS) is 17.6. The highest BCUT2D eigenvalue weighted by Gasteiger charge is 2.20. The molecule has 2 aromatic rings. The molecule has 1 saturated heterocycles. The molecule has 0 spiro atoms. The SMILES string of the molecule is CCNC(=NCC(O)c1ccco1)NC1CCN(Cc2ccccc2)CC1. The lowest BCUT2D eigenvalue weighted by atomic mass is 10.0. The molecule has 1 fully saturated rings. The van der Waals surface area contributed by atoms with E-state index in [1.807, 2.05) is 6.92 Å². The smallest absolute Gasteiger partial charge is 0.191 e. The Morgan fingerprint density at radius 1 is 1.22 bits per heavy atom. The molecule has 1 aliphatic rings. The highest BCUT2D eigenvalue weighted by Crippen LogP contribution is 2.15. The van der Waals surface area contributed by atoms with E-state index in [-0.39, 0.29) is 6.54 Å². The Morgan fingerprint density at radius 3 is 2.67 bits per heavy atom. The van der Waals surface area contributed by atoms with Crippen molar-refractivity contribution in [2.45, 2.75) is 38.5 Å². The van der Waals surface area contributed by atoms with E-state index in [0.717, 1.165) is 45.0 Å². The molecule has 3 N–H and O–H groups in total. The van der Waals surface area contributed by atoms with E-state index in [0.29, 0.717) is 11.8 Å². The third-order valence-electron chi connectivity index (χ3n) is 4.82. The molecule has 1 aromatic heterocycles. The van der Waals surface area contributed by atoms with Crippen molar-refractivity contribution in [3.8, 4) is 0 Å². The van der Waals surface area contributed by atoms with Crippen molar-refractivity contribution in [3.05, 3.63) is 60.1 Å². The summed E-state index contributed by atoms with van der Waals surface area (Å²) in [6, 6.07) is 14.6. The Hall–Kier alpha value is -2.31. The van der Waals surface area contributed by atoms with Crippen molar-refractivity contribution < 1.29 is 9.52 Å². The molecule has 6 nitrogen and oxygen atoms in total. The van der Waals surface area contributed by atoms with Gasteiger partial charge in [-0.25, -0.2) is 0 Å². The minimum atomic E-state index is -0.719. The Bertz CT molecular complexity index is 679. The number of hydrogen-bond acceptors (Lipinski definition) is 4. The highest BCUT2D eigenvalue weighted by atomic mass is 16.4. The summed E-state index contributed by atoms with van der Waals surface area (Å²) in [6.07, 6.45) is 3.01. The topological polar surface area (TPSA) is 73.0 Å². The minimum absolute atomic E-state index is 0.274. The van der Waals surface area contributed by atoms with Gasteiger partial charge in [0.15, 0.2) is 5.96 Å². The van der Waals surface area contributed by atoms with Gasteiger partial charge in [-0.05, 0) is 37.5 Å². The molecule has 6 heteroatoms. The third kappa shape index (κ3) is 6.12. The first-order valence-electron chi connectivity index (χ1n) is 9.77. The fraction of sp³-hybridized carbons (Fsp3) is 0.476. The number of aliphatic hydroxyl groups is 1. The number of hydrogen-bond donors (Lipinski definition) is 3. The van der Waals surface area contributed by atoms with Crippen LogP contribution < -0.4 is 10.6 Å². The first-order chi connectivity index (χ1) is 13.2. The molecular weight excluding hydrogens is 340 g/mol. The van der Waals surface area contributed by atoms with Gasteiger partial charge in [0.05, 0.1) is 12.8 Å². The molecule has 0 saturated carbocycles. The molecule has 146 valence electrons. The number of nitrogens with zero attached hydrogens (tertiary/aromatic N) is 2. The number of piperidine rings is 1. The Labute approximate surface area is 161 Å². The van der Waals surface area contributed by atoms with Crippen molar-refractivity contribution in [1.82, 2.24) is 15.5 Å². The maximum Gasteiger partial charge on any atom is 0.191 e. The van der Waals surface area contributed by atoms with Gasteiger partial charge in [-0.1, -0.05) is 30.3 Å². The van der Waals surface area contributed by atoms with Crippen molar-refractivity contribution in [2.75, 3.05) is 26.2 Å². The zero-order chi connectivity index (χ0) is 18.9. The average Bonchev–Trinajstić information content (AvgIpc) is 3.23. The van der Waals surface area contributed by atoms with Gasteiger partial charge in [0, 0.05) is 32.2 Å². The lowest BCUT2D eigenvalue weighted by Crippen LogP contribution is -2.48. The van der Waals surface area contributed by atoms with Crippen LogP contribution >= 0.6 is 0 Å². The number of guanidine groups is 1. The lowest BCUT2D eigenvalue weighted by Gasteiger charge is -2.33. The number of likely N-dealkylation sites (tertiary alicyclic amines) is 1. The van der Waals surface area contributed by atoms with Gasteiger partial charge in [0.2, 0.25) is 0 Å². The van der Waals surface area contributed by atoms with Gasteiger partial charge >= 0.3 is 0 Å². The summed E-state index contributed by atoms with van der Waals surface area (Å²) in [6.45, 7) is 6.26. The van der Waals surface area contributed by atoms with Crippen LogP contribution in [0.2, 0.25) is 0 Å². The predicted molar refractivity (Wildman–Crippen MR) is 108 cm³/mol. The van der Waals surface area contributed by atoms with Gasteiger partial charge in [0.1, 0.15) is 11.9 Å². The average molecular weight is 370 g/mol. The first-order valence-corrected chi connectivity index (χ1v) is 9.77. The van der Waals surface area contributed by atoms with Gasteiger partial charge < -0.3 is 20.2 Å². The van der Waals surface area contributed by atoms with E-state index >= 15 is 0 Å². The summed E-state index contributed by atoms with van der Waals surface area (Å²) in [5.41, 5.74) is 1.37. The second-order valence-electron chi connectivity index (χ2n) is 6.93. The number of aliphatic hydroxyl groups excluding tert-OH is 1. The Balaban J connectivity index is 1.46. The van der Waals surface area contributed by atoms with Gasteiger partial charge in [-0.2, -0.15) is 0 Å². The zero-order valence-electron chi connectivity index (χ0n) is 16.0. The third-order valence-corrected chi connectivity index (χ3v) is 4.82. The fourth-order valence-corrected chi connectivity index (χ4v) is 3.34. The molecule has 1 aromatic carbocycles. The molecule has 1 aliphatic heterocycles. The molecule has 0 aliphatic carbocycles. The quantitative estimate of drug-likeness (QED) is 0.516. The standard InChI is InChI=1S/C21H30N4O2/c1-2-22-21(23-15-19(26)20-9-6-14-27-20)24-18-10-12-25(13-11-18)16-17-7-4-3-5-8-17/h3-9,14,18-19,26H,2,10-13,15-16H2,1H3,(H2,22,23,24). The molecule has 2 heterocycles. The fourth-order valence-electron chi connectivity index (χ4n) is 3.34. The van der Waals surface area contributed by atoms with Crippen LogP contribution in [0, 0.1) is 0 Å². The summed E-state index contributed by atoms with van der Waals surface area (Å²) in [4.78, 5) is 7.02. The number of aliphatic imine (C=N–C) groups is 1. The summed E-state index contributed by atoms with van der Waals surface area (Å²) in [5, 5.41) is 16.9. The summed E-state index contributed by atoms with van der Waals surface area (Å²) in [5.74, 6) is 1.30. The van der Waals surface area contributed by atoms with Crippen LogP contribution in [0.3, 0.4) is 0 Å². The van der Waals surface area contributed by atoms with Gasteiger partial charge in [-0.15, -0.1) is 0 Å². The number of rotatable bonds is 7. The van der Waals surface area contributed by atoms with Crippen LogP contribution in [0.25, 0.3) is 0 Å². The number of furan rings is 1. The monoisotopic (exact) mass is 370 g/mol. The van der Waals surface area contributed by atoms with Crippen molar-refractivity contribution in [1.29, 1.82) is 0 Å². The molecule has 1 atom stereocenters. The largest absolute Gasteiger partial charge is 0.467 e. The van der Waals surface area contributed by atoms with E-state index in [1.54, 1.807) is 18.4 Å². The molecular formula is C21H30N4O2. The summed E-state index contributed by atoms with van der Waals surface area (Å²) in [7, 11) is 0. The van der Waals surface area contributed by atoms with Crippen LogP contribution in [-0.2, 0) is 6.54 Å². The minimum Gasteiger partial charge on any atom is -0.467 e. The van der Waals surface area contributed by atoms with E-state index in [2.05, 4.69) is 50.9 Å². The van der Waals surface area contributed by atoms with Crippen LogP contribution in [0.1, 0.15) is 37.2 Å². The van der Waals surface area contributed by atoms with E-state index in [4.69, 9.17) is 4.42 Å². The molecule has 1 unspecified atom stereocenters. The molecule has 0 amide bonds. The maximum atomic E-state index is 10.1. The van der Waals surface area contributed by atoms with Crippen LogP contribution in [0.4, 0.5) is 0 Å². The van der Waals surface area contributed by atoms with Crippen LogP contribution in [-0.4, -0.2) is 48.2 Å². The summed E-state index contributed by atoms with van der Waals surface area (Å²) < 4.78 is 5.23. The highest BCUT2D eigenvalue weighted by molar-refractivity contribution is 5.80. The van der Waals surface area contributed by atoms with Gasteiger partial charge in [0.25, 0.3) is 0 Å². The number of nitrogens with one attached hydrogen (secondary N) is 2. The van der Waals surface area contributed by atoms with E-state index < -0.39 is 6.10 Å². The second kappa shape index (κ2) is 10.1. The predicted octanol–water partition coefficient (Wildman–Crippen LogP) is 2.53. The maximum absolute atomic E-state index is 10.1. The Kier molecular flexibility index (Phi) is 7.30. The van der Waals surface area contributed by atoms with Crippen molar-refractivity contribution in [3.63, 3.8) is 0 Å². The van der Waals surface area contributed by atoms with E-state index in [9.17, 15) is 5.11 Å². The molecule has 3 rings (SSSR count). The van der Waals surface area contributed by atoms with Gasteiger partial charge in [-0.3, -0.25) is 9.89 Å². The van der Waals surface area contributed by atoms with Crippen molar-refractivity contribution in [2.24, 2.45) is 4.99 Å². The molecule has 0 bridgehead atoms. The molecule has 27 heavy (non-hydrogen) atoms. The van der Waals surface area contributed by atoms with Crippen LogP contribution in [0.15, 0.2) is 58.1 Å². The number of benzene rings is 1. The zero-order valence-corrected chi connectivity index (χ0v) is 16.0. The lowest BCUT2D eigenvalue weighted by molar-refractivity contribution is 0.158. The van der Waals surface area contributed by atoms with Crippen molar-refractivity contribution >= 4 is 5.96 Å². The van der Waals surface area contributed by atoms with E-state index in [1.165, 1.54) is 5.56 Å². The second-order valence-corrected chi connectivity index (χ2v) is 6.93. The first kappa shape index (κ1) is 19.5. The Morgan fingerprint density at radius 2 is 2.00 bits per heavy atom.